The van der Waals surface area contributed by atoms with Crippen molar-refractivity contribution in [2.75, 3.05) is 0 Å². The third kappa shape index (κ3) is 1.46. The second kappa shape index (κ2) is 3.11. The van der Waals surface area contributed by atoms with Gasteiger partial charge in [0.1, 0.15) is 11.6 Å². The smallest absolute Gasteiger partial charge is 0.140 e. The van der Waals surface area contributed by atoms with Gasteiger partial charge >= 0.3 is 0 Å². The first-order valence-electron chi connectivity index (χ1n) is 4.16. The predicted molar refractivity (Wildman–Crippen MR) is 48.4 cm³/mol. The number of benzene rings is 1. The van der Waals surface area contributed by atoms with E-state index in [4.69, 9.17) is 11.6 Å². The summed E-state index contributed by atoms with van der Waals surface area (Å²) in [4.78, 5) is 11.1. The van der Waals surface area contributed by atoms with Gasteiger partial charge in [0.05, 0.1) is 0 Å². The molecule has 2 rings (SSSR count). The molecule has 0 unspecified atom stereocenters. The van der Waals surface area contributed by atoms with Gasteiger partial charge in [-0.1, -0.05) is 17.7 Å². The largest absolute Gasteiger partial charge is 0.299 e. The zero-order valence-corrected chi connectivity index (χ0v) is 7.64. The van der Waals surface area contributed by atoms with E-state index in [1.54, 1.807) is 6.07 Å². The van der Waals surface area contributed by atoms with Gasteiger partial charge < -0.3 is 0 Å². The number of hydrogen-bond donors (Lipinski definition) is 0. The molecule has 0 aliphatic heterocycles. The monoisotopic (exact) mass is 198 g/mol. The van der Waals surface area contributed by atoms with Crippen molar-refractivity contribution in [1.82, 2.24) is 0 Å². The summed E-state index contributed by atoms with van der Waals surface area (Å²) in [6.45, 7) is 0. The molecule has 1 saturated carbocycles. The highest BCUT2D eigenvalue weighted by molar-refractivity contribution is 6.31. The number of rotatable bonds is 1. The van der Waals surface area contributed by atoms with E-state index in [-0.39, 0.29) is 17.5 Å². The summed E-state index contributed by atoms with van der Waals surface area (Å²) in [6, 6.07) is 4.19. The van der Waals surface area contributed by atoms with E-state index in [0.29, 0.717) is 11.4 Å². The highest BCUT2D eigenvalue weighted by Crippen LogP contribution is 2.36. The van der Waals surface area contributed by atoms with Crippen LogP contribution in [0.25, 0.3) is 0 Å². The summed E-state index contributed by atoms with van der Waals surface area (Å²) in [7, 11) is 0. The van der Waals surface area contributed by atoms with Gasteiger partial charge in [-0.25, -0.2) is 4.39 Å². The number of carbonyl (C=O) groups excluding carboxylic acids is 1. The molecule has 13 heavy (non-hydrogen) atoms. The quantitative estimate of drug-likeness (QED) is 0.678. The zero-order chi connectivity index (χ0) is 9.42. The van der Waals surface area contributed by atoms with Crippen molar-refractivity contribution in [3.63, 3.8) is 0 Å². The highest BCUT2D eigenvalue weighted by atomic mass is 35.5. The number of carbonyl (C=O) groups is 1. The maximum absolute atomic E-state index is 12.7. The van der Waals surface area contributed by atoms with Crippen LogP contribution in [0.2, 0.25) is 5.02 Å². The maximum atomic E-state index is 12.7. The molecule has 0 saturated heterocycles. The molecule has 1 aliphatic rings. The summed E-state index contributed by atoms with van der Waals surface area (Å²) < 4.78 is 12.7. The molecule has 1 atom stereocenters. The van der Waals surface area contributed by atoms with Crippen LogP contribution in [0.4, 0.5) is 4.39 Å². The molecule has 0 radical (unpaired) electrons. The van der Waals surface area contributed by atoms with E-state index >= 15 is 0 Å². The second-order valence-electron chi connectivity index (χ2n) is 3.22. The summed E-state index contributed by atoms with van der Waals surface area (Å²) in [5, 5.41) is 0.359. The minimum Gasteiger partial charge on any atom is -0.299 e. The van der Waals surface area contributed by atoms with E-state index in [1.807, 2.05) is 0 Å². The fourth-order valence-corrected chi connectivity index (χ4v) is 1.82. The van der Waals surface area contributed by atoms with E-state index in [2.05, 4.69) is 0 Å². The van der Waals surface area contributed by atoms with E-state index in [1.165, 1.54) is 12.1 Å². The molecular formula is C10H8ClFO. The summed E-state index contributed by atoms with van der Waals surface area (Å²) in [6.07, 6.45) is 1.46. The van der Waals surface area contributed by atoms with Gasteiger partial charge in [0.15, 0.2) is 0 Å². The minimum absolute atomic E-state index is 0.0897. The molecule has 3 heteroatoms. The van der Waals surface area contributed by atoms with Crippen molar-refractivity contribution in [2.24, 2.45) is 0 Å². The Morgan fingerprint density at radius 2 is 2.23 bits per heavy atom. The van der Waals surface area contributed by atoms with Crippen molar-refractivity contribution in [3.8, 4) is 0 Å². The van der Waals surface area contributed by atoms with Crippen LogP contribution in [0.3, 0.4) is 0 Å². The second-order valence-corrected chi connectivity index (χ2v) is 3.63. The lowest BCUT2D eigenvalue weighted by Gasteiger charge is -2.24. The van der Waals surface area contributed by atoms with E-state index < -0.39 is 0 Å². The lowest BCUT2D eigenvalue weighted by atomic mass is 9.79. The number of hydrogen-bond acceptors (Lipinski definition) is 1. The predicted octanol–water partition coefficient (Wildman–Crippen LogP) is 2.93. The Balaban J connectivity index is 2.35. The number of halogens is 2. The van der Waals surface area contributed by atoms with Crippen molar-refractivity contribution < 1.29 is 9.18 Å². The Kier molecular flexibility index (Phi) is 2.08. The van der Waals surface area contributed by atoms with Gasteiger partial charge in [-0.3, -0.25) is 4.79 Å². The Morgan fingerprint density at radius 1 is 1.46 bits per heavy atom. The first kappa shape index (κ1) is 8.70. The Hall–Kier alpha value is -0.890. The maximum Gasteiger partial charge on any atom is 0.140 e. The molecule has 0 heterocycles. The third-order valence-corrected chi connectivity index (χ3v) is 2.73. The first-order chi connectivity index (χ1) is 6.18. The van der Waals surface area contributed by atoms with Crippen LogP contribution in [-0.4, -0.2) is 5.78 Å². The molecule has 1 fully saturated rings. The van der Waals surface area contributed by atoms with Gasteiger partial charge in [0.25, 0.3) is 0 Å². The Morgan fingerprint density at radius 3 is 2.69 bits per heavy atom. The molecule has 0 N–H and O–H groups in total. The van der Waals surface area contributed by atoms with Gasteiger partial charge in [-0.15, -0.1) is 0 Å². The zero-order valence-electron chi connectivity index (χ0n) is 6.89. The Labute approximate surface area is 80.5 Å². The fraction of sp³-hybridized carbons (Fsp3) is 0.300. The van der Waals surface area contributed by atoms with Crippen LogP contribution in [0.15, 0.2) is 18.2 Å². The number of ketones is 1. The minimum atomic E-state index is -0.361. The van der Waals surface area contributed by atoms with Crippen LogP contribution in [0.5, 0.6) is 0 Å². The molecule has 0 amide bonds. The average Bonchev–Trinajstić information content (AvgIpc) is 2.07. The molecule has 68 valence electrons. The van der Waals surface area contributed by atoms with E-state index in [9.17, 15) is 9.18 Å². The average molecular weight is 199 g/mol. The van der Waals surface area contributed by atoms with Crippen LogP contribution in [-0.2, 0) is 4.79 Å². The topological polar surface area (TPSA) is 17.1 Å². The summed E-state index contributed by atoms with van der Waals surface area (Å²) in [5.74, 6) is -0.248. The molecule has 0 spiro atoms. The molecule has 1 nitrogen and oxygen atoms in total. The van der Waals surface area contributed by atoms with Gasteiger partial charge in [0.2, 0.25) is 0 Å². The van der Waals surface area contributed by atoms with Gasteiger partial charge in [-0.05, 0) is 24.1 Å². The van der Waals surface area contributed by atoms with Crippen LogP contribution in [0, 0.1) is 5.82 Å². The van der Waals surface area contributed by atoms with Crippen LogP contribution >= 0.6 is 11.6 Å². The van der Waals surface area contributed by atoms with Gasteiger partial charge in [-0.2, -0.15) is 0 Å². The standard InChI is InChI=1S/C10H8ClFO/c11-9-5-6(12)1-2-7(9)8-3-4-10(8)13/h1-2,5,8H,3-4H2/t8-/m1/s1. The van der Waals surface area contributed by atoms with Crippen LogP contribution in [0.1, 0.15) is 24.3 Å². The molecule has 0 aromatic heterocycles. The van der Waals surface area contributed by atoms with Crippen molar-refractivity contribution >= 4 is 17.4 Å². The third-order valence-electron chi connectivity index (χ3n) is 2.41. The lowest BCUT2D eigenvalue weighted by Crippen LogP contribution is -2.23. The van der Waals surface area contributed by atoms with Gasteiger partial charge in [0, 0.05) is 17.4 Å². The van der Waals surface area contributed by atoms with Crippen molar-refractivity contribution in [1.29, 1.82) is 0 Å². The number of Topliss-reactive ketones (excluding diaryl/α,β-unsaturated/α-hetero) is 1. The Bertz CT molecular complexity index is 362. The normalized spacial score (nSPS) is 21.4. The van der Waals surface area contributed by atoms with Crippen molar-refractivity contribution in [3.05, 3.63) is 34.6 Å². The first-order valence-corrected chi connectivity index (χ1v) is 4.54. The van der Waals surface area contributed by atoms with Crippen molar-refractivity contribution in [2.45, 2.75) is 18.8 Å². The molecule has 0 bridgehead atoms. The van der Waals surface area contributed by atoms with E-state index in [0.717, 1.165) is 12.0 Å². The summed E-state index contributed by atoms with van der Waals surface area (Å²) >= 11 is 5.81. The lowest BCUT2D eigenvalue weighted by molar-refractivity contribution is -0.125. The highest BCUT2D eigenvalue weighted by Gasteiger charge is 2.30. The fourth-order valence-electron chi connectivity index (χ4n) is 1.52. The van der Waals surface area contributed by atoms with Crippen LogP contribution < -0.4 is 0 Å². The molecular weight excluding hydrogens is 191 g/mol. The molecule has 1 aliphatic carbocycles. The summed E-state index contributed by atoms with van der Waals surface area (Å²) in [5.41, 5.74) is 0.763. The molecule has 1 aromatic carbocycles. The SMILES string of the molecule is O=C1CC[C@@H]1c1ccc(F)cc1Cl. The molecule has 1 aromatic rings.